The molecule has 0 aromatic carbocycles. The summed E-state index contributed by atoms with van der Waals surface area (Å²) >= 11 is 0. The number of nitrogens with one attached hydrogen (secondary N) is 2. The number of rotatable bonds is 6. The van der Waals surface area contributed by atoms with Crippen molar-refractivity contribution in [3.8, 4) is 5.88 Å². The van der Waals surface area contributed by atoms with E-state index in [1.807, 2.05) is 32.9 Å². The lowest BCUT2D eigenvalue weighted by molar-refractivity contribution is 0.237. The van der Waals surface area contributed by atoms with Crippen molar-refractivity contribution < 1.29 is 9.53 Å². The number of amides is 2. The first kappa shape index (κ1) is 14.3. The summed E-state index contributed by atoms with van der Waals surface area (Å²) in [6.45, 7) is 6.96. The second kappa shape index (κ2) is 7.53. The first-order valence-electron chi connectivity index (χ1n) is 6.27. The molecule has 0 aliphatic heterocycles. The van der Waals surface area contributed by atoms with Gasteiger partial charge < -0.3 is 15.4 Å². The summed E-state index contributed by atoms with van der Waals surface area (Å²) in [6.07, 6.45) is 2.59. The molecule has 1 aromatic rings. The second-order valence-electron chi connectivity index (χ2n) is 4.07. The molecule has 100 valence electrons. The zero-order valence-corrected chi connectivity index (χ0v) is 11.2. The standard InChI is InChI=1S/C13H21N3O2/c1-4-10(3)16-13(17)15-9-11-6-7-14-12(8-11)18-5-2/h6-8,10H,4-5,9H2,1-3H3,(H2,15,16,17). The van der Waals surface area contributed by atoms with Crippen LogP contribution in [0.3, 0.4) is 0 Å². The maximum atomic E-state index is 11.5. The van der Waals surface area contributed by atoms with Crippen LogP contribution in [0.4, 0.5) is 4.79 Å². The van der Waals surface area contributed by atoms with E-state index < -0.39 is 0 Å². The largest absolute Gasteiger partial charge is 0.478 e. The van der Waals surface area contributed by atoms with Gasteiger partial charge in [-0.25, -0.2) is 9.78 Å². The van der Waals surface area contributed by atoms with Crippen LogP contribution in [0, 0.1) is 0 Å². The number of ether oxygens (including phenoxy) is 1. The van der Waals surface area contributed by atoms with Gasteiger partial charge in [-0.3, -0.25) is 0 Å². The number of pyridine rings is 1. The van der Waals surface area contributed by atoms with Crippen LogP contribution >= 0.6 is 0 Å². The molecule has 0 aliphatic carbocycles. The van der Waals surface area contributed by atoms with Gasteiger partial charge in [0.15, 0.2) is 0 Å². The first-order valence-corrected chi connectivity index (χ1v) is 6.27. The van der Waals surface area contributed by atoms with Crippen molar-refractivity contribution in [2.24, 2.45) is 0 Å². The quantitative estimate of drug-likeness (QED) is 0.813. The third kappa shape index (κ3) is 5.03. The Morgan fingerprint density at radius 2 is 2.28 bits per heavy atom. The predicted octanol–water partition coefficient (Wildman–Crippen LogP) is 2.08. The molecule has 1 aromatic heterocycles. The van der Waals surface area contributed by atoms with E-state index in [0.717, 1.165) is 12.0 Å². The van der Waals surface area contributed by atoms with Crippen LogP contribution < -0.4 is 15.4 Å². The number of carbonyl (C=O) groups excluding carboxylic acids is 1. The topological polar surface area (TPSA) is 63.2 Å². The van der Waals surface area contributed by atoms with Crippen LogP contribution in [0.25, 0.3) is 0 Å². The van der Waals surface area contributed by atoms with Crippen molar-refractivity contribution >= 4 is 6.03 Å². The lowest BCUT2D eigenvalue weighted by atomic mass is 10.2. The van der Waals surface area contributed by atoms with Gasteiger partial charge in [0.1, 0.15) is 0 Å². The molecule has 0 saturated carbocycles. The lowest BCUT2D eigenvalue weighted by Crippen LogP contribution is -2.40. The average Bonchev–Trinajstić information content (AvgIpc) is 2.37. The molecule has 1 heterocycles. The van der Waals surface area contributed by atoms with Crippen LogP contribution in [0.2, 0.25) is 0 Å². The fourth-order valence-corrected chi connectivity index (χ4v) is 1.35. The molecule has 0 spiro atoms. The van der Waals surface area contributed by atoms with Gasteiger partial charge in [0.25, 0.3) is 0 Å². The molecule has 0 saturated heterocycles. The normalized spacial score (nSPS) is 11.7. The number of nitrogens with zero attached hydrogens (tertiary/aromatic N) is 1. The summed E-state index contributed by atoms with van der Waals surface area (Å²) in [4.78, 5) is 15.6. The fraction of sp³-hybridized carbons (Fsp3) is 0.538. The SMILES string of the molecule is CCOc1cc(CNC(=O)NC(C)CC)ccn1. The molecule has 0 bridgehead atoms. The molecule has 1 atom stereocenters. The second-order valence-corrected chi connectivity index (χ2v) is 4.07. The highest BCUT2D eigenvalue weighted by Gasteiger charge is 2.05. The molecular formula is C13H21N3O2. The van der Waals surface area contributed by atoms with Crippen LogP contribution in [0.5, 0.6) is 5.88 Å². The van der Waals surface area contributed by atoms with Crippen molar-refractivity contribution in [2.75, 3.05) is 6.61 Å². The summed E-state index contributed by atoms with van der Waals surface area (Å²) in [5, 5.41) is 5.64. The van der Waals surface area contributed by atoms with Gasteiger partial charge in [-0.1, -0.05) is 6.92 Å². The van der Waals surface area contributed by atoms with Gasteiger partial charge in [-0.2, -0.15) is 0 Å². The van der Waals surface area contributed by atoms with Crippen LogP contribution in [-0.2, 0) is 6.54 Å². The Labute approximate surface area is 108 Å². The van der Waals surface area contributed by atoms with E-state index in [2.05, 4.69) is 15.6 Å². The highest BCUT2D eigenvalue weighted by atomic mass is 16.5. The van der Waals surface area contributed by atoms with E-state index in [1.54, 1.807) is 6.20 Å². The van der Waals surface area contributed by atoms with Crippen LogP contribution in [0.15, 0.2) is 18.3 Å². The van der Waals surface area contributed by atoms with E-state index in [4.69, 9.17) is 4.74 Å². The Kier molecular flexibility index (Phi) is 5.97. The van der Waals surface area contributed by atoms with E-state index >= 15 is 0 Å². The average molecular weight is 251 g/mol. The minimum atomic E-state index is -0.154. The Bertz CT molecular complexity index is 382. The number of urea groups is 1. The van der Waals surface area contributed by atoms with E-state index in [1.165, 1.54) is 0 Å². The number of carbonyl (C=O) groups is 1. The molecular weight excluding hydrogens is 230 g/mol. The predicted molar refractivity (Wildman–Crippen MR) is 70.5 cm³/mol. The molecule has 2 amide bonds. The summed E-state index contributed by atoms with van der Waals surface area (Å²) in [5.74, 6) is 0.583. The number of hydrogen-bond donors (Lipinski definition) is 2. The van der Waals surface area contributed by atoms with Crippen LogP contribution in [0.1, 0.15) is 32.8 Å². The third-order valence-electron chi connectivity index (χ3n) is 2.53. The van der Waals surface area contributed by atoms with E-state index in [-0.39, 0.29) is 12.1 Å². The molecule has 18 heavy (non-hydrogen) atoms. The van der Waals surface area contributed by atoms with Gasteiger partial charge >= 0.3 is 6.03 Å². The number of hydrogen-bond acceptors (Lipinski definition) is 3. The summed E-state index contributed by atoms with van der Waals surface area (Å²) in [7, 11) is 0. The summed E-state index contributed by atoms with van der Waals surface area (Å²) in [5.41, 5.74) is 0.966. The zero-order valence-electron chi connectivity index (χ0n) is 11.2. The molecule has 1 unspecified atom stereocenters. The maximum Gasteiger partial charge on any atom is 0.315 e. The molecule has 0 radical (unpaired) electrons. The van der Waals surface area contributed by atoms with Gasteiger partial charge in [0.2, 0.25) is 5.88 Å². The van der Waals surface area contributed by atoms with Gasteiger partial charge in [-0.05, 0) is 31.9 Å². The third-order valence-corrected chi connectivity index (χ3v) is 2.53. The Hall–Kier alpha value is -1.78. The number of aromatic nitrogens is 1. The summed E-state index contributed by atoms with van der Waals surface area (Å²) in [6, 6.07) is 3.71. The highest BCUT2D eigenvalue weighted by molar-refractivity contribution is 5.74. The molecule has 5 heteroatoms. The molecule has 0 fully saturated rings. The molecule has 1 rings (SSSR count). The molecule has 0 aliphatic rings. The Balaban J connectivity index is 2.43. The molecule has 5 nitrogen and oxygen atoms in total. The van der Waals surface area contributed by atoms with Crippen LogP contribution in [-0.4, -0.2) is 23.7 Å². The Morgan fingerprint density at radius 3 is 2.94 bits per heavy atom. The van der Waals surface area contributed by atoms with Crippen molar-refractivity contribution in [2.45, 2.75) is 39.8 Å². The maximum absolute atomic E-state index is 11.5. The van der Waals surface area contributed by atoms with Crippen molar-refractivity contribution in [1.82, 2.24) is 15.6 Å². The minimum absolute atomic E-state index is 0.154. The minimum Gasteiger partial charge on any atom is -0.478 e. The van der Waals surface area contributed by atoms with Gasteiger partial charge in [-0.15, -0.1) is 0 Å². The Morgan fingerprint density at radius 1 is 1.50 bits per heavy atom. The lowest BCUT2D eigenvalue weighted by Gasteiger charge is -2.12. The highest BCUT2D eigenvalue weighted by Crippen LogP contribution is 2.08. The summed E-state index contributed by atoms with van der Waals surface area (Å²) < 4.78 is 5.30. The van der Waals surface area contributed by atoms with Crippen molar-refractivity contribution in [1.29, 1.82) is 0 Å². The monoisotopic (exact) mass is 251 g/mol. The fourth-order valence-electron chi connectivity index (χ4n) is 1.35. The van der Waals surface area contributed by atoms with Crippen molar-refractivity contribution in [3.63, 3.8) is 0 Å². The first-order chi connectivity index (χ1) is 8.65. The van der Waals surface area contributed by atoms with Gasteiger partial charge in [0.05, 0.1) is 6.61 Å². The van der Waals surface area contributed by atoms with E-state index in [0.29, 0.717) is 19.0 Å². The molecule has 2 N–H and O–H groups in total. The smallest absolute Gasteiger partial charge is 0.315 e. The van der Waals surface area contributed by atoms with Crippen molar-refractivity contribution in [3.05, 3.63) is 23.9 Å². The van der Waals surface area contributed by atoms with Gasteiger partial charge in [0, 0.05) is 24.8 Å². The zero-order chi connectivity index (χ0) is 13.4. The van der Waals surface area contributed by atoms with E-state index in [9.17, 15) is 4.79 Å².